The quantitative estimate of drug-likeness (QED) is 0.0484. The molecule has 0 aliphatic carbocycles. The van der Waals surface area contributed by atoms with Crippen molar-refractivity contribution in [2.45, 2.75) is 129 Å². The lowest BCUT2D eigenvalue weighted by Crippen LogP contribution is -2.45. The number of carbonyl (C=O) groups excluding carboxylic acids is 5. The first-order valence-corrected chi connectivity index (χ1v) is 20.3. The van der Waals surface area contributed by atoms with E-state index >= 15 is 0 Å². The molecule has 318 valence electrons. The van der Waals surface area contributed by atoms with Crippen molar-refractivity contribution in [2.75, 3.05) is 32.7 Å². The third-order valence-corrected chi connectivity index (χ3v) is 9.76. The molecule has 1 aromatic carbocycles. The lowest BCUT2D eigenvalue weighted by molar-refractivity contribution is -0.142. The zero-order valence-electron chi connectivity index (χ0n) is 33.9. The number of benzene rings is 1. The van der Waals surface area contributed by atoms with Crippen LogP contribution in [0, 0.1) is 12.8 Å². The van der Waals surface area contributed by atoms with Crippen LogP contribution in [0.25, 0.3) is 10.9 Å². The summed E-state index contributed by atoms with van der Waals surface area (Å²) in [6.07, 6.45) is 7.95. The second kappa shape index (κ2) is 27.1. The van der Waals surface area contributed by atoms with E-state index in [0.717, 1.165) is 47.7 Å². The monoisotopic (exact) mass is 799 g/mol. The van der Waals surface area contributed by atoms with Crippen molar-refractivity contribution in [3.05, 3.63) is 35.5 Å². The van der Waals surface area contributed by atoms with Gasteiger partial charge in [0.25, 0.3) is 0 Å². The van der Waals surface area contributed by atoms with Crippen molar-refractivity contribution in [3.63, 3.8) is 0 Å². The topological polar surface area (TPSA) is 262 Å². The van der Waals surface area contributed by atoms with Gasteiger partial charge >= 0.3 is 11.9 Å². The van der Waals surface area contributed by atoms with E-state index < -0.39 is 41.8 Å². The van der Waals surface area contributed by atoms with Crippen LogP contribution in [0.3, 0.4) is 0 Å². The third-order valence-electron chi connectivity index (χ3n) is 9.76. The van der Waals surface area contributed by atoms with Crippen LogP contribution in [0.5, 0.6) is 0 Å². The molecule has 0 saturated carbocycles. The Hall–Kier alpha value is -4.67. The molecule has 0 radical (unpaired) electrons. The summed E-state index contributed by atoms with van der Waals surface area (Å²) in [6, 6.07) is 3.95. The number of unbranched alkanes of at least 4 members (excludes halogenated alkanes) is 3. The molecule has 0 unspecified atom stereocenters. The number of carbonyl (C=O) groups is 7. The molecule has 16 nitrogen and oxygen atoms in total. The Morgan fingerprint density at radius 1 is 0.842 bits per heavy atom. The summed E-state index contributed by atoms with van der Waals surface area (Å²) in [6.45, 7) is 6.76. The van der Waals surface area contributed by atoms with Crippen molar-refractivity contribution in [3.8, 4) is 0 Å². The number of hydrogen-bond donors (Lipinski definition) is 9. The van der Waals surface area contributed by atoms with Crippen LogP contribution in [0.2, 0.25) is 0 Å². The number of rotatable bonds is 32. The predicted molar refractivity (Wildman–Crippen MR) is 217 cm³/mol. The molecular weight excluding hydrogens is 734 g/mol. The number of nitrogens with two attached hydrogens (primary N) is 1. The Balaban J connectivity index is 2.17. The summed E-state index contributed by atoms with van der Waals surface area (Å²) in [7, 11) is 0. The summed E-state index contributed by atoms with van der Waals surface area (Å²) < 4.78 is 0. The molecule has 0 spiro atoms. The summed E-state index contributed by atoms with van der Waals surface area (Å²) in [5.74, 6) is -4.84. The van der Waals surface area contributed by atoms with Gasteiger partial charge in [-0.1, -0.05) is 44.7 Å². The fourth-order valence-corrected chi connectivity index (χ4v) is 6.50. The van der Waals surface area contributed by atoms with E-state index in [2.05, 4.69) is 38.5 Å². The van der Waals surface area contributed by atoms with Gasteiger partial charge in [-0.3, -0.25) is 28.8 Å². The number of Topliss-reactive ketones (excluding diaryl/α,β-unsaturated/α-hetero) is 2. The Labute approximate surface area is 335 Å². The molecule has 0 aliphatic rings. The molecule has 0 saturated heterocycles. The molecule has 2 aromatic rings. The first-order valence-electron chi connectivity index (χ1n) is 20.3. The minimum Gasteiger partial charge on any atom is -0.481 e. The van der Waals surface area contributed by atoms with E-state index in [4.69, 9.17) is 10.8 Å². The number of carboxylic acids is 2. The smallest absolute Gasteiger partial charge is 0.326 e. The molecule has 0 aliphatic heterocycles. The molecule has 0 fully saturated rings. The van der Waals surface area contributed by atoms with Crippen molar-refractivity contribution in [2.24, 2.45) is 11.7 Å². The molecule has 2 rings (SSSR count). The number of aryl methyl sites for hydroxylation is 1. The van der Waals surface area contributed by atoms with Crippen LogP contribution in [0.4, 0.5) is 0 Å². The van der Waals surface area contributed by atoms with E-state index in [1.54, 1.807) is 0 Å². The highest BCUT2D eigenvalue weighted by Gasteiger charge is 2.28. The highest BCUT2D eigenvalue weighted by molar-refractivity contribution is 5.91. The normalized spacial score (nSPS) is 13.3. The number of hydrogen-bond acceptors (Lipinski definition) is 10. The first kappa shape index (κ1) is 48.5. The van der Waals surface area contributed by atoms with Crippen LogP contribution < -0.4 is 32.3 Å². The number of aliphatic carboxylic acids is 2. The average Bonchev–Trinajstić information content (AvgIpc) is 3.55. The number of aromatic nitrogens is 1. The highest BCUT2D eigenvalue weighted by atomic mass is 16.4. The second-order valence-electron chi connectivity index (χ2n) is 14.9. The Kier molecular flexibility index (Phi) is 23.0. The van der Waals surface area contributed by atoms with E-state index in [-0.39, 0.29) is 81.6 Å². The van der Waals surface area contributed by atoms with Crippen LogP contribution in [-0.2, 0) is 40.0 Å². The van der Waals surface area contributed by atoms with Gasteiger partial charge in [0, 0.05) is 74.8 Å². The van der Waals surface area contributed by atoms with Crippen LogP contribution >= 0.6 is 0 Å². The lowest BCUT2D eigenvalue weighted by Gasteiger charge is -2.22. The molecule has 16 heteroatoms. The largest absolute Gasteiger partial charge is 0.481 e. The van der Waals surface area contributed by atoms with Crippen molar-refractivity contribution in [1.82, 2.24) is 31.6 Å². The van der Waals surface area contributed by atoms with Gasteiger partial charge in [0.1, 0.15) is 6.04 Å². The minimum atomic E-state index is -1.31. The summed E-state index contributed by atoms with van der Waals surface area (Å²) >= 11 is 0. The molecule has 57 heavy (non-hydrogen) atoms. The van der Waals surface area contributed by atoms with E-state index in [0.29, 0.717) is 32.5 Å². The van der Waals surface area contributed by atoms with Gasteiger partial charge < -0.3 is 47.5 Å². The van der Waals surface area contributed by atoms with Gasteiger partial charge in [0.2, 0.25) is 17.7 Å². The summed E-state index contributed by atoms with van der Waals surface area (Å²) in [5.41, 5.74) is 9.10. The first-order chi connectivity index (χ1) is 27.2. The van der Waals surface area contributed by atoms with Gasteiger partial charge in [-0.25, -0.2) is 4.79 Å². The van der Waals surface area contributed by atoms with Crippen LogP contribution in [0.1, 0.15) is 108 Å². The van der Waals surface area contributed by atoms with Gasteiger partial charge in [-0.15, -0.1) is 0 Å². The van der Waals surface area contributed by atoms with E-state index in [9.17, 15) is 38.7 Å². The number of amides is 3. The Morgan fingerprint density at radius 2 is 1.60 bits per heavy atom. The van der Waals surface area contributed by atoms with E-state index in [1.165, 1.54) is 13.3 Å². The van der Waals surface area contributed by atoms with Crippen molar-refractivity contribution < 1.29 is 43.8 Å². The lowest BCUT2D eigenvalue weighted by atomic mass is 9.90. The predicted octanol–water partition coefficient (Wildman–Crippen LogP) is 2.65. The SMILES string of the molecule is CCCCCC[C@H](N)CNCC[C@H](NCCCC(=O)CNC(C)=O)C(=O)C[C@H](Cc1c[nH]c2cc(C)ccc12)C(=O)NCC[C@@H](NC(=O)CCCC(=O)O)C(=O)O. The maximum absolute atomic E-state index is 14.1. The Morgan fingerprint density at radius 3 is 2.30 bits per heavy atom. The molecule has 1 aromatic heterocycles. The number of aromatic amines is 1. The van der Waals surface area contributed by atoms with Crippen molar-refractivity contribution >= 4 is 52.1 Å². The zero-order chi connectivity index (χ0) is 42.2. The number of carboxylic acid groups (broad SMARTS) is 2. The van der Waals surface area contributed by atoms with Crippen molar-refractivity contribution in [1.29, 1.82) is 0 Å². The maximum Gasteiger partial charge on any atom is 0.326 e. The fourth-order valence-electron chi connectivity index (χ4n) is 6.50. The number of ketones is 2. The van der Waals surface area contributed by atoms with Gasteiger partial charge in [0.15, 0.2) is 11.6 Å². The molecule has 1 heterocycles. The Bertz CT molecular complexity index is 1610. The molecule has 3 amide bonds. The summed E-state index contributed by atoms with van der Waals surface area (Å²) in [5, 5.41) is 33.7. The van der Waals surface area contributed by atoms with Gasteiger partial charge in [-0.2, -0.15) is 0 Å². The van der Waals surface area contributed by atoms with Gasteiger partial charge in [-0.05, 0) is 75.7 Å². The molecular formula is C41H65N7O9. The van der Waals surface area contributed by atoms with Crippen LogP contribution in [0.15, 0.2) is 24.4 Å². The number of H-pyrrole nitrogens is 1. The van der Waals surface area contributed by atoms with E-state index in [1.807, 2.05) is 31.3 Å². The standard InChI is InChI=1S/C41H65N7O9/c1-4-5-6-7-10-31(42)25-43-19-16-34(44-18-9-11-32(50)26-46-28(3)49)37(51)23-29(22-30-24-47-36-21-27(2)14-15-33(30)36)40(55)45-20-17-35(41(56)57)48-38(52)12-8-13-39(53)54/h14-15,21,24,29,31,34-35,43-44,47H,4-13,16-20,22-23,25-26,42H2,1-3H3,(H,45,55)(H,46,49)(H,48,52)(H,53,54)(H,56,57)/t29-,31-,34-,35+/m0/s1. The molecule has 0 bridgehead atoms. The average molecular weight is 800 g/mol. The van der Waals surface area contributed by atoms with Crippen LogP contribution in [-0.4, -0.2) is 107 Å². The minimum absolute atomic E-state index is 0.0161. The second-order valence-corrected chi connectivity index (χ2v) is 14.9. The number of nitrogens with one attached hydrogen (secondary N) is 6. The summed E-state index contributed by atoms with van der Waals surface area (Å²) in [4.78, 5) is 89.5. The molecule has 4 atom stereocenters. The zero-order valence-corrected chi connectivity index (χ0v) is 33.9. The highest BCUT2D eigenvalue weighted by Crippen LogP contribution is 2.24. The third kappa shape index (κ3) is 20.4. The van der Waals surface area contributed by atoms with Gasteiger partial charge in [0.05, 0.1) is 12.6 Å². The fraction of sp³-hybridized carbons (Fsp3) is 0.634. The molecule has 10 N–H and O–H groups in total. The number of fused-ring (bicyclic) bond motifs is 1. The maximum atomic E-state index is 14.1.